The predicted molar refractivity (Wildman–Crippen MR) is 428 cm³/mol. The third-order valence-electron chi connectivity index (χ3n) is 17.9. The summed E-state index contributed by atoms with van der Waals surface area (Å²) in [5.41, 5.74) is 0. The fourth-order valence-corrected chi connectivity index (χ4v) is 11.7. The predicted octanol–water partition coefficient (Wildman–Crippen LogP) is 26.8. The molecule has 0 spiro atoms. The van der Waals surface area contributed by atoms with Crippen molar-refractivity contribution in [1.82, 2.24) is 0 Å². The van der Waals surface area contributed by atoms with Gasteiger partial charge in [-0.3, -0.25) is 9.59 Å². The van der Waals surface area contributed by atoms with Gasteiger partial charge in [0.15, 0.2) is 6.10 Å². The van der Waals surface area contributed by atoms with Gasteiger partial charge < -0.3 is 28.5 Å². The first-order chi connectivity index (χ1) is 48.6. The molecule has 0 amide bonds. The number of carboxylic acids is 1. The van der Waals surface area contributed by atoms with Crippen LogP contribution in [-0.2, 0) is 33.3 Å². The standard InChI is InChI=1S/C90H155NO8/c1-6-8-10-12-14-16-18-20-22-24-26-28-30-32-34-36-38-40-42-44-46-48-50-52-54-56-58-60-62-64-66-68-70-72-74-76-78-80-87(92)97-84-86(85-98-90(89(94)95)96-83-82-91(3,4)5)99-88(93)81-79-77-75-73-71-69-67-65-63-61-59-57-55-53-51-49-47-45-43-41-39-37-35-33-31-29-27-25-23-21-19-17-15-13-11-9-7-2/h8-11,14-17,20-23,26-29,32-35,39,41,86,90H,6-7,12-13,18-19,24-25,30-31,36-38,40,42-85H2,1-5H3/p+1/b10-8-,11-9-,16-14-,17-15-,22-20-,23-21-,28-26-,29-27-,34-32-,35-33-,41-39-. The van der Waals surface area contributed by atoms with Crippen LogP contribution in [-0.4, -0.2) is 87.4 Å². The Balaban J connectivity index is 3.99. The normalized spacial score (nSPS) is 13.3. The summed E-state index contributed by atoms with van der Waals surface area (Å²) in [5.74, 6) is -1.99. The molecule has 0 aliphatic rings. The molecule has 0 aromatic carbocycles. The van der Waals surface area contributed by atoms with E-state index in [1.54, 1.807) is 0 Å². The number of nitrogens with zero attached hydrogens (tertiary/aromatic N) is 1. The van der Waals surface area contributed by atoms with Gasteiger partial charge in [-0.25, -0.2) is 4.79 Å². The number of ether oxygens (including phenoxy) is 4. The van der Waals surface area contributed by atoms with Crippen molar-refractivity contribution >= 4 is 17.9 Å². The highest BCUT2D eigenvalue weighted by atomic mass is 16.7. The van der Waals surface area contributed by atoms with Crippen LogP contribution in [0.2, 0.25) is 0 Å². The maximum absolute atomic E-state index is 13.0. The number of rotatable bonds is 76. The van der Waals surface area contributed by atoms with Crippen LogP contribution in [0.25, 0.3) is 0 Å². The number of carbonyl (C=O) groups excluding carboxylic acids is 2. The molecule has 0 rings (SSSR count). The number of allylic oxidation sites excluding steroid dienone is 22. The molecule has 99 heavy (non-hydrogen) atoms. The second kappa shape index (κ2) is 79.1. The first-order valence-corrected chi connectivity index (χ1v) is 41.3. The molecular weight excluding hydrogens is 1220 g/mol. The van der Waals surface area contributed by atoms with E-state index in [-0.39, 0.29) is 32.2 Å². The van der Waals surface area contributed by atoms with E-state index in [1.807, 2.05) is 21.1 Å². The smallest absolute Gasteiger partial charge is 0.361 e. The van der Waals surface area contributed by atoms with E-state index in [0.29, 0.717) is 17.4 Å². The molecule has 0 saturated carbocycles. The Bertz CT molecular complexity index is 2100. The molecule has 2 unspecified atom stereocenters. The van der Waals surface area contributed by atoms with Crippen LogP contribution in [0.5, 0.6) is 0 Å². The van der Waals surface area contributed by atoms with Crippen LogP contribution in [0.15, 0.2) is 134 Å². The Kier molecular flexibility index (Phi) is 75.5. The summed E-state index contributed by atoms with van der Waals surface area (Å²) in [7, 11) is 5.99. The van der Waals surface area contributed by atoms with Gasteiger partial charge in [0.05, 0.1) is 34.4 Å². The Morgan fingerprint density at radius 1 is 0.303 bits per heavy atom. The highest BCUT2D eigenvalue weighted by molar-refractivity contribution is 5.71. The van der Waals surface area contributed by atoms with Crippen molar-refractivity contribution in [3.05, 3.63) is 134 Å². The lowest BCUT2D eigenvalue weighted by Crippen LogP contribution is -2.40. The highest BCUT2D eigenvalue weighted by Gasteiger charge is 2.25. The summed E-state index contributed by atoms with van der Waals surface area (Å²) in [6.45, 7) is 4.69. The van der Waals surface area contributed by atoms with Gasteiger partial charge in [0.1, 0.15) is 13.2 Å². The van der Waals surface area contributed by atoms with Gasteiger partial charge in [0.25, 0.3) is 6.29 Å². The van der Waals surface area contributed by atoms with Crippen molar-refractivity contribution in [2.45, 2.75) is 373 Å². The minimum atomic E-state index is -1.51. The Labute approximate surface area is 611 Å². The SMILES string of the molecule is CC/C=C\C/C=C\C/C=C\C/C=C\C/C=C\C/C=C\CCCCCCCCCCCCCCCCCCCCC(=O)OC(COC(=O)CCCCCCCCCCCCCCCCCCCCCCC/C=C\C/C=C\C/C=C\C/C=C\C/C=C\CC)COC(OCC[N+](C)(C)C)C(=O)O. The molecule has 0 radical (unpaired) electrons. The molecule has 0 heterocycles. The van der Waals surface area contributed by atoms with E-state index in [9.17, 15) is 19.5 Å². The van der Waals surface area contributed by atoms with E-state index in [2.05, 4.69) is 148 Å². The van der Waals surface area contributed by atoms with Crippen molar-refractivity contribution in [2.75, 3.05) is 47.5 Å². The summed E-state index contributed by atoms with van der Waals surface area (Å²) in [6.07, 6.45) is 112. The van der Waals surface area contributed by atoms with Crippen LogP contribution < -0.4 is 0 Å². The van der Waals surface area contributed by atoms with Gasteiger partial charge in [-0.15, -0.1) is 0 Å². The van der Waals surface area contributed by atoms with E-state index in [1.165, 1.54) is 225 Å². The summed E-state index contributed by atoms with van der Waals surface area (Å²) in [6, 6.07) is 0. The van der Waals surface area contributed by atoms with Crippen LogP contribution in [0.1, 0.15) is 361 Å². The number of unbranched alkanes of at least 4 members (excludes halogenated alkanes) is 39. The van der Waals surface area contributed by atoms with Crippen molar-refractivity contribution < 1.29 is 42.9 Å². The molecule has 0 aromatic heterocycles. The molecule has 568 valence electrons. The molecule has 1 N–H and O–H groups in total. The van der Waals surface area contributed by atoms with Crippen LogP contribution in [0, 0.1) is 0 Å². The fraction of sp³-hybridized carbons (Fsp3) is 0.722. The molecule has 0 aromatic rings. The summed E-state index contributed by atoms with van der Waals surface area (Å²) >= 11 is 0. The minimum Gasteiger partial charge on any atom is -0.477 e. The molecular formula is C90H156NO8+. The summed E-state index contributed by atoms with van der Waals surface area (Å²) in [4.78, 5) is 37.8. The molecule has 0 saturated heterocycles. The van der Waals surface area contributed by atoms with Crippen LogP contribution in [0.3, 0.4) is 0 Å². The summed E-state index contributed by atoms with van der Waals surface area (Å²) < 4.78 is 23.1. The number of esters is 2. The van der Waals surface area contributed by atoms with Crippen molar-refractivity contribution in [2.24, 2.45) is 0 Å². The van der Waals surface area contributed by atoms with E-state index < -0.39 is 24.3 Å². The van der Waals surface area contributed by atoms with Gasteiger partial charge in [-0.2, -0.15) is 0 Å². The number of hydrogen-bond acceptors (Lipinski definition) is 7. The zero-order chi connectivity index (χ0) is 71.8. The minimum absolute atomic E-state index is 0.182. The van der Waals surface area contributed by atoms with Crippen LogP contribution in [0.4, 0.5) is 0 Å². The Morgan fingerprint density at radius 3 is 0.808 bits per heavy atom. The van der Waals surface area contributed by atoms with Crippen molar-refractivity contribution in [3.63, 3.8) is 0 Å². The molecule has 0 aliphatic carbocycles. The number of aliphatic carboxylic acids is 1. The molecule has 0 fully saturated rings. The third-order valence-corrected chi connectivity index (χ3v) is 17.9. The average molecular weight is 1380 g/mol. The van der Waals surface area contributed by atoms with Gasteiger partial charge >= 0.3 is 17.9 Å². The number of likely N-dealkylation sites (N-methyl/N-ethyl adjacent to an activating group) is 1. The summed E-state index contributed by atoms with van der Waals surface area (Å²) in [5, 5.41) is 9.78. The maximum Gasteiger partial charge on any atom is 0.361 e. The van der Waals surface area contributed by atoms with Gasteiger partial charge in [-0.1, -0.05) is 372 Å². The van der Waals surface area contributed by atoms with E-state index in [0.717, 1.165) is 109 Å². The van der Waals surface area contributed by atoms with Gasteiger partial charge in [-0.05, 0) is 109 Å². The lowest BCUT2D eigenvalue weighted by molar-refractivity contribution is -0.870. The van der Waals surface area contributed by atoms with Crippen molar-refractivity contribution in [3.8, 4) is 0 Å². The molecule has 9 nitrogen and oxygen atoms in total. The number of hydrogen-bond donors (Lipinski definition) is 1. The molecule has 0 bridgehead atoms. The molecule has 2 atom stereocenters. The molecule has 9 heteroatoms. The Hall–Kier alpha value is -4.57. The average Bonchev–Trinajstić information content (AvgIpc) is 2.19. The zero-order valence-electron chi connectivity index (χ0n) is 65.1. The number of carboxylic acid groups (broad SMARTS) is 1. The fourth-order valence-electron chi connectivity index (χ4n) is 11.7. The van der Waals surface area contributed by atoms with Gasteiger partial charge in [0, 0.05) is 12.8 Å². The number of carbonyl (C=O) groups is 3. The first kappa shape index (κ1) is 94.4. The van der Waals surface area contributed by atoms with E-state index >= 15 is 0 Å². The second-order valence-corrected chi connectivity index (χ2v) is 28.7. The lowest BCUT2D eigenvalue weighted by atomic mass is 10.0. The monoisotopic (exact) mass is 1380 g/mol. The quantitative estimate of drug-likeness (QED) is 0.0211. The zero-order valence-corrected chi connectivity index (χ0v) is 65.1. The second-order valence-electron chi connectivity index (χ2n) is 28.7. The largest absolute Gasteiger partial charge is 0.477 e. The number of quaternary nitrogens is 1. The first-order valence-electron chi connectivity index (χ1n) is 41.3. The van der Waals surface area contributed by atoms with E-state index in [4.69, 9.17) is 18.9 Å². The van der Waals surface area contributed by atoms with Gasteiger partial charge in [0.2, 0.25) is 0 Å². The van der Waals surface area contributed by atoms with Crippen LogP contribution >= 0.6 is 0 Å². The topological polar surface area (TPSA) is 108 Å². The highest BCUT2D eigenvalue weighted by Crippen LogP contribution is 2.19. The Morgan fingerprint density at radius 2 is 0.545 bits per heavy atom. The van der Waals surface area contributed by atoms with Crippen molar-refractivity contribution in [1.29, 1.82) is 0 Å². The molecule has 0 aliphatic heterocycles. The third kappa shape index (κ3) is 80.6. The lowest BCUT2D eigenvalue weighted by Gasteiger charge is -2.25. The maximum atomic E-state index is 13.0.